The van der Waals surface area contributed by atoms with Crippen LogP contribution in [0.25, 0.3) is 5.57 Å². The molecule has 162 valence electrons. The highest BCUT2D eigenvalue weighted by Crippen LogP contribution is 2.46. The molecule has 1 aromatic heterocycles. The van der Waals surface area contributed by atoms with Crippen molar-refractivity contribution in [2.75, 3.05) is 26.2 Å². The van der Waals surface area contributed by atoms with Gasteiger partial charge in [0.2, 0.25) is 0 Å². The third kappa shape index (κ3) is 6.60. The molecule has 1 fully saturated rings. The van der Waals surface area contributed by atoms with Crippen molar-refractivity contribution in [3.63, 3.8) is 0 Å². The molecule has 2 rings (SSSR count). The van der Waals surface area contributed by atoms with Crippen molar-refractivity contribution in [3.8, 4) is 0 Å². The predicted molar refractivity (Wildman–Crippen MR) is 126 cm³/mol. The summed E-state index contributed by atoms with van der Waals surface area (Å²) in [5.41, 5.74) is 7.86. The molecule has 0 saturated heterocycles. The molecule has 0 amide bonds. The van der Waals surface area contributed by atoms with E-state index >= 15 is 0 Å². The molecule has 4 heteroatoms. The number of allylic oxidation sites excluding steroid dienone is 5. The van der Waals surface area contributed by atoms with E-state index in [2.05, 4.69) is 74.6 Å². The Morgan fingerprint density at radius 2 is 1.86 bits per heavy atom. The smallest absolute Gasteiger partial charge is 0.0609 e. The zero-order chi connectivity index (χ0) is 21.4. The SMILES string of the molecule is C=C1CC(C)(C)CC(=C(/C)c2ccn[nH]2)/C1=C(\C)NCCCN(CCC)CCC. The Labute approximate surface area is 178 Å². The summed E-state index contributed by atoms with van der Waals surface area (Å²) in [6.07, 6.45) is 7.56. The van der Waals surface area contributed by atoms with Gasteiger partial charge in [0.15, 0.2) is 0 Å². The maximum absolute atomic E-state index is 4.47. The van der Waals surface area contributed by atoms with Gasteiger partial charge in [-0.05, 0) is 99.4 Å². The Morgan fingerprint density at radius 1 is 1.17 bits per heavy atom. The van der Waals surface area contributed by atoms with Crippen LogP contribution in [-0.4, -0.2) is 41.3 Å². The van der Waals surface area contributed by atoms with Gasteiger partial charge in [0.1, 0.15) is 0 Å². The minimum atomic E-state index is 0.234. The van der Waals surface area contributed by atoms with Crippen molar-refractivity contribution < 1.29 is 0 Å². The Morgan fingerprint density at radius 3 is 2.45 bits per heavy atom. The molecule has 1 heterocycles. The fourth-order valence-electron chi connectivity index (χ4n) is 4.58. The normalized spacial score (nSPS) is 20.2. The quantitative estimate of drug-likeness (QED) is 0.480. The van der Waals surface area contributed by atoms with Crippen LogP contribution in [0.3, 0.4) is 0 Å². The molecule has 0 aromatic carbocycles. The van der Waals surface area contributed by atoms with Crippen molar-refractivity contribution in [3.05, 3.63) is 47.0 Å². The first-order valence-electron chi connectivity index (χ1n) is 11.3. The minimum Gasteiger partial charge on any atom is -0.388 e. The maximum Gasteiger partial charge on any atom is 0.0609 e. The highest BCUT2D eigenvalue weighted by atomic mass is 15.1. The third-order valence-electron chi connectivity index (χ3n) is 5.86. The van der Waals surface area contributed by atoms with Gasteiger partial charge >= 0.3 is 0 Å². The number of aromatic nitrogens is 2. The lowest BCUT2D eigenvalue weighted by molar-refractivity contribution is 0.271. The molecular formula is C25H42N4. The number of aromatic amines is 1. The molecule has 4 nitrogen and oxygen atoms in total. The lowest BCUT2D eigenvalue weighted by Crippen LogP contribution is -2.29. The van der Waals surface area contributed by atoms with Crippen LogP contribution in [0.5, 0.6) is 0 Å². The van der Waals surface area contributed by atoms with Crippen molar-refractivity contribution >= 4 is 5.57 Å². The first-order valence-corrected chi connectivity index (χ1v) is 11.3. The summed E-state index contributed by atoms with van der Waals surface area (Å²) in [4.78, 5) is 2.58. The molecule has 29 heavy (non-hydrogen) atoms. The largest absolute Gasteiger partial charge is 0.388 e. The maximum atomic E-state index is 4.47. The zero-order valence-electron chi connectivity index (χ0n) is 19.6. The van der Waals surface area contributed by atoms with Gasteiger partial charge < -0.3 is 10.2 Å². The number of hydrogen-bond donors (Lipinski definition) is 2. The average molecular weight is 399 g/mol. The Hall–Kier alpha value is -1.81. The summed E-state index contributed by atoms with van der Waals surface area (Å²) in [6, 6.07) is 2.06. The third-order valence-corrected chi connectivity index (χ3v) is 5.86. The first kappa shape index (κ1) is 23.5. The van der Waals surface area contributed by atoms with Crippen LogP contribution in [-0.2, 0) is 0 Å². The standard InChI is InChI=1S/C25H42N4/c1-8-14-29(15-9-2)16-10-12-26-21(5)24-19(3)17-25(6,7)18-22(24)20(4)23-11-13-27-28-23/h11,13,26H,3,8-10,12,14-18H2,1-2,4-7H3,(H,27,28)/b22-20+,24-21+. The molecule has 1 aromatic rings. The number of hydrogen-bond acceptors (Lipinski definition) is 3. The summed E-state index contributed by atoms with van der Waals surface area (Å²) in [7, 11) is 0. The average Bonchev–Trinajstić information content (AvgIpc) is 3.18. The van der Waals surface area contributed by atoms with E-state index < -0.39 is 0 Å². The van der Waals surface area contributed by atoms with Crippen molar-refractivity contribution in [1.29, 1.82) is 0 Å². The molecule has 1 saturated carbocycles. The fraction of sp³-hybridized carbons (Fsp3) is 0.640. The van der Waals surface area contributed by atoms with E-state index in [9.17, 15) is 0 Å². The van der Waals surface area contributed by atoms with Crippen LogP contribution in [0.4, 0.5) is 0 Å². The van der Waals surface area contributed by atoms with Crippen molar-refractivity contribution in [2.45, 2.75) is 73.6 Å². The van der Waals surface area contributed by atoms with Crippen molar-refractivity contribution in [1.82, 2.24) is 20.4 Å². The van der Waals surface area contributed by atoms with Crippen LogP contribution in [0, 0.1) is 5.41 Å². The molecule has 0 bridgehead atoms. The van der Waals surface area contributed by atoms with Gasteiger partial charge in [-0.15, -0.1) is 0 Å². The highest BCUT2D eigenvalue weighted by Gasteiger charge is 2.32. The molecule has 0 radical (unpaired) electrons. The number of nitrogens with one attached hydrogen (secondary N) is 2. The Bertz CT molecular complexity index is 716. The molecule has 0 aliphatic heterocycles. The zero-order valence-corrected chi connectivity index (χ0v) is 19.6. The molecule has 1 aliphatic carbocycles. The molecule has 1 aliphatic rings. The number of H-pyrrole nitrogens is 1. The van der Waals surface area contributed by atoms with E-state index in [-0.39, 0.29) is 5.41 Å². The molecule has 2 N–H and O–H groups in total. The van der Waals surface area contributed by atoms with Crippen LogP contribution >= 0.6 is 0 Å². The van der Waals surface area contributed by atoms with Gasteiger partial charge in [0.05, 0.1) is 5.69 Å². The summed E-state index contributed by atoms with van der Waals surface area (Å²) >= 11 is 0. The van der Waals surface area contributed by atoms with Crippen LogP contribution in [0.1, 0.15) is 79.3 Å². The molecule has 0 spiro atoms. The second-order valence-corrected chi connectivity index (χ2v) is 9.32. The van der Waals surface area contributed by atoms with Crippen LogP contribution in [0.2, 0.25) is 0 Å². The van der Waals surface area contributed by atoms with E-state index in [4.69, 9.17) is 0 Å². The second kappa shape index (κ2) is 10.8. The van der Waals surface area contributed by atoms with Crippen LogP contribution in [0.15, 0.2) is 41.3 Å². The number of rotatable bonds is 10. The van der Waals surface area contributed by atoms with E-state index in [1.165, 1.54) is 66.9 Å². The summed E-state index contributed by atoms with van der Waals surface area (Å²) in [5.74, 6) is 0. The molecule has 0 atom stereocenters. The molecule has 0 unspecified atom stereocenters. The first-order chi connectivity index (χ1) is 13.8. The molecular weight excluding hydrogens is 356 g/mol. The second-order valence-electron chi connectivity index (χ2n) is 9.32. The summed E-state index contributed by atoms with van der Waals surface area (Å²) < 4.78 is 0. The lowest BCUT2D eigenvalue weighted by Gasteiger charge is -2.37. The van der Waals surface area contributed by atoms with E-state index in [0.717, 1.165) is 25.1 Å². The predicted octanol–water partition coefficient (Wildman–Crippen LogP) is 5.94. The highest BCUT2D eigenvalue weighted by molar-refractivity contribution is 5.72. The van der Waals surface area contributed by atoms with Gasteiger partial charge in [0, 0.05) is 18.4 Å². The van der Waals surface area contributed by atoms with Gasteiger partial charge in [-0.1, -0.05) is 34.3 Å². The monoisotopic (exact) mass is 398 g/mol. The van der Waals surface area contributed by atoms with Gasteiger partial charge in [-0.25, -0.2) is 0 Å². The Balaban J connectivity index is 2.15. The topological polar surface area (TPSA) is 44.0 Å². The Kier molecular flexibility index (Phi) is 8.76. The van der Waals surface area contributed by atoms with Gasteiger partial charge in [-0.3, -0.25) is 5.10 Å². The minimum absolute atomic E-state index is 0.234. The van der Waals surface area contributed by atoms with Gasteiger partial charge in [0.25, 0.3) is 0 Å². The van der Waals surface area contributed by atoms with E-state index in [0.29, 0.717) is 0 Å². The van der Waals surface area contributed by atoms with Gasteiger partial charge in [-0.2, -0.15) is 5.10 Å². The van der Waals surface area contributed by atoms with E-state index in [1.54, 1.807) is 0 Å². The fourth-order valence-corrected chi connectivity index (χ4v) is 4.58. The summed E-state index contributed by atoms with van der Waals surface area (Å²) in [6.45, 7) is 22.7. The number of nitrogens with zero attached hydrogens (tertiary/aromatic N) is 2. The lowest BCUT2D eigenvalue weighted by atomic mass is 9.69. The van der Waals surface area contributed by atoms with Crippen LogP contribution < -0.4 is 5.32 Å². The van der Waals surface area contributed by atoms with E-state index in [1.807, 2.05) is 6.20 Å². The summed E-state index contributed by atoms with van der Waals surface area (Å²) in [5, 5.41) is 11.0. The van der Waals surface area contributed by atoms with Crippen molar-refractivity contribution in [2.24, 2.45) is 5.41 Å².